The van der Waals surface area contributed by atoms with Gasteiger partial charge in [-0.15, -0.1) is 0 Å². The van der Waals surface area contributed by atoms with Gasteiger partial charge >= 0.3 is 0 Å². The van der Waals surface area contributed by atoms with Crippen LogP contribution in [0.1, 0.15) is 37.7 Å². The van der Waals surface area contributed by atoms with E-state index in [1.807, 2.05) is 6.07 Å². The first-order valence-corrected chi connectivity index (χ1v) is 7.38. The van der Waals surface area contributed by atoms with Crippen molar-refractivity contribution >= 4 is 5.91 Å². The monoisotopic (exact) mass is 258 g/mol. The fourth-order valence-corrected chi connectivity index (χ4v) is 3.19. The Morgan fingerprint density at radius 1 is 1.21 bits per heavy atom. The lowest BCUT2D eigenvalue weighted by atomic mass is 9.71. The van der Waals surface area contributed by atoms with E-state index in [0.717, 1.165) is 38.8 Å². The van der Waals surface area contributed by atoms with Crippen LogP contribution in [0.4, 0.5) is 0 Å². The third-order valence-corrected chi connectivity index (χ3v) is 4.56. The molecule has 2 fully saturated rings. The highest BCUT2D eigenvalue weighted by molar-refractivity contribution is 5.80. The summed E-state index contributed by atoms with van der Waals surface area (Å²) in [7, 11) is 0. The van der Waals surface area contributed by atoms with Crippen LogP contribution >= 0.6 is 0 Å². The fraction of sp³-hybridized carbons (Fsp3) is 0.562. The Hall–Kier alpha value is -1.35. The van der Waals surface area contributed by atoms with E-state index in [-0.39, 0.29) is 17.4 Å². The minimum atomic E-state index is -0.0875. The third-order valence-electron chi connectivity index (χ3n) is 4.56. The molecule has 1 aromatic rings. The maximum absolute atomic E-state index is 12.4. The molecule has 1 aliphatic carbocycles. The van der Waals surface area contributed by atoms with E-state index in [4.69, 9.17) is 0 Å². The quantitative estimate of drug-likeness (QED) is 0.872. The largest absolute Gasteiger partial charge is 0.346 e. The van der Waals surface area contributed by atoms with Crippen molar-refractivity contribution < 1.29 is 4.79 Å². The molecule has 1 amide bonds. The van der Waals surface area contributed by atoms with E-state index in [1.54, 1.807) is 0 Å². The summed E-state index contributed by atoms with van der Waals surface area (Å²) in [6, 6.07) is 10.4. The zero-order valence-electron chi connectivity index (χ0n) is 11.3. The molecule has 102 valence electrons. The summed E-state index contributed by atoms with van der Waals surface area (Å²) >= 11 is 0. The number of benzene rings is 1. The Kier molecular flexibility index (Phi) is 3.56. The standard InChI is InChI=1S/C16H22N2O/c19-15(13-6-4-11-17-12-13)18-16(9-5-10-16)14-7-2-1-3-8-14/h1-3,7-8,13,17H,4-6,9-12H2,(H,18,19). The number of hydrogen-bond donors (Lipinski definition) is 2. The van der Waals surface area contributed by atoms with Crippen molar-refractivity contribution in [2.45, 2.75) is 37.6 Å². The Morgan fingerprint density at radius 2 is 2.00 bits per heavy atom. The highest BCUT2D eigenvalue weighted by Crippen LogP contribution is 2.41. The SMILES string of the molecule is O=C(NC1(c2ccccc2)CCC1)C1CCCNC1. The molecule has 1 atom stereocenters. The van der Waals surface area contributed by atoms with Gasteiger partial charge in [0.1, 0.15) is 0 Å². The molecular formula is C16H22N2O. The predicted octanol–water partition coefficient (Wildman–Crippen LogP) is 2.18. The molecule has 1 unspecified atom stereocenters. The number of carbonyl (C=O) groups excluding carboxylic acids is 1. The molecule has 2 aliphatic rings. The van der Waals surface area contributed by atoms with Crippen LogP contribution in [0.25, 0.3) is 0 Å². The molecule has 3 nitrogen and oxygen atoms in total. The van der Waals surface area contributed by atoms with Crippen LogP contribution in [-0.4, -0.2) is 19.0 Å². The molecular weight excluding hydrogens is 236 g/mol. The van der Waals surface area contributed by atoms with E-state index < -0.39 is 0 Å². The molecule has 1 saturated heterocycles. The molecule has 1 aliphatic heterocycles. The van der Waals surface area contributed by atoms with Crippen molar-refractivity contribution in [3.8, 4) is 0 Å². The summed E-state index contributed by atoms with van der Waals surface area (Å²) in [5.74, 6) is 0.380. The van der Waals surface area contributed by atoms with Crippen LogP contribution < -0.4 is 10.6 Å². The van der Waals surface area contributed by atoms with Gasteiger partial charge in [-0.2, -0.15) is 0 Å². The number of hydrogen-bond acceptors (Lipinski definition) is 2. The van der Waals surface area contributed by atoms with E-state index in [9.17, 15) is 4.79 Å². The second-order valence-corrected chi connectivity index (χ2v) is 5.83. The van der Waals surface area contributed by atoms with Crippen LogP contribution in [-0.2, 0) is 10.3 Å². The van der Waals surface area contributed by atoms with Crippen LogP contribution in [0, 0.1) is 5.92 Å². The van der Waals surface area contributed by atoms with Gasteiger partial charge in [-0.3, -0.25) is 4.79 Å². The molecule has 1 saturated carbocycles. The lowest BCUT2D eigenvalue weighted by Gasteiger charge is -2.44. The molecule has 1 aromatic carbocycles. The topological polar surface area (TPSA) is 41.1 Å². The zero-order chi connectivity index (χ0) is 13.1. The maximum Gasteiger partial charge on any atom is 0.225 e. The average molecular weight is 258 g/mol. The van der Waals surface area contributed by atoms with Gasteiger partial charge in [-0.05, 0) is 44.2 Å². The van der Waals surface area contributed by atoms with Gasteiger partial charge in [-0.1, -0.05) is 30.3 Å². The Morgan fingerprint density at radius 3 is 2.58 bits per heavy atom. The van der Waals surface area contributed by atoms with Crippen molar-refractivity contribution in [2.24, 2.45) is 5.92 Å². The minimum Gasteiger partial charge on any atom is -0.346 e. The molecule has 19 heavy (non-hydrogen) atoms. The highest BCUT2D eigenvalue weighted by atomic mass is 16.2. The average Bonchev–Trinajstić information content (AvgIpc) is 2.44. The van der Waals surface area contributed by atoms with Crippen molar-refractivity contribution in [2.75, 3.05) is 13.1 Å². The van der Waals surface area contributed by atoms with Crippen LogP contribution in [0.2, 0.25) is 0 Å². The molecule has 1 heterocycles. The fourth-order valence-electron chi connectivity index (χ4n) is 3.19. The molecule has 0 radical (unpaired) electrons. The van der Waals surface area contributed by atoms with Gasteiger partial charge in [0.2, 0.25) is 5.91 Å². The molecule has 0 spiro atoms. The number of rotatable bonds is 3. The van der Waals surface area contributed by atoms with E-state index in [0.29, 0.717) is 0 Å². The summed E-state index contributed by atoms with van der Waals surface area (Å²) in [5, 5.41) is 6.65. The second-order valence-electron chi connectivity index (χ2n) is 5.83. The zero-order valence-corrected chi connectivity index (χ0v) is 11.3. The van der Waals surface area contributed by atoms with Crippen molar-refractivity contribution in [1.29, 1.82) is 0 Å². The van der Waals surface area contributed by atoms with Gasteiger partial charge in [0.25, 0.3) is 0 Å². The van der Waals surface area contributed by atoms with Crippen LogP contribution in [0.15, 0.2) is 30.3 Å². The Balaban J connectivity index is 1.71. The molecule has 0 bridgehead atoms. The highest BCUT2D eigenvalue weighted by Gasteiger charge is 2.41. The van der Waals surface area contributed by atoms with E-state index in [1.165, 1.54) is 12.0 Å². The number of piperidine rings is 1. The van der Waals surface area contributed by atoms with Gasteiger partial charge in [0.15, 0.2) is 0 Å². The van der Waals surface area contributed by atoms with E-state index >= 15 is 0 Å². The van der Waals surface area contributed by atoms with Crippen molar-refractivity contribution in [1.82, 2.24) is 10.6 Å². The second kappa shape index (κ2) is 5.33. The Labute approximate surface area is 114 Å². The summed E-state index contributed by atoms with van der Waals surface area (Å²) < 4.78 is 0. The molecule has 2 N–H and O–H groups in total. The molecule has 0 aromatic heterocycles. The third kappa shape index (κ3) is 2.52. The Bertz CT molecular complexity index is 433. The first kappa shape index (κ1) is 12.7. The summed E-state index contributed by atoms with van der Waals surface area (Å²) in [4.78, 5) is 12.4. The number of nitrogens with one attached hydrogen (secondary N) is 2. The van der Waals surface area contributed by atoms with Gasteiger partial charge in [0, 0.05) is 6.54 Å². The number of amides is 1. The summed E-state index contributed by atoms with van der Waals surface area (Å²) in [6.07, 6.45) is 5.48. The van der Waals surface area contributed by atoms with Gasteiger partial charge in [-0.25, -0.2) is 0 Å². The summed E-state index contributed by atoms with van der Waals surface area (Å²) in [6.45, 7) is 1.88. The van der Waals surface area contributed by atoms with Crippen molar-refractivity contribution in [3.05, 3.63) is 35.9 Å². The smallest absolute Gasteiger partial charge is 0.225 e. The van der Waals surface area contributed by atoms with E-state index in [2.05, 4.69) is 34.9 Å². The van der Waals surface area contributed by atoms with Crippen molar-refractivity contribution in [3.63, 3.8) is 0 Å². The lowest BCUT2D eigenvalue weighted by Crippen LogP contribution is -2.54. The first-order valence-electron chi connectivity index (χ1n) is 7.38. The number of carbonyl (C=O) groups is 1. The lowest BCUT2D eigenvalue weighted by molar-refractivity contribution is -0.128. The normalized spacial score (nSPS) is 25.4. The first-order chi connectivity index (χ1) is 9.30. The predicted molar refractivity (Wildman–Crippen MR) is 75.7 cm³/mol. The van der Waals surface area contributed by atoms with Gasteiger partial charge in [0.05, 0.1) is 11.5 Å². The van der Waals surface area contributed by atoms with Crippen LogP contribution in [0.5, 0.6) is 0 Å². The minimum absolute atomic E-state index is 0.0875. The molecule has 3 rings (SSSR count). The van der Waals surface area contributed by atoms with Gasteiger partial charge < -0.3 is 10.6 Å². The maximum atomic E-state index is 12.4. The van der Waals surface area contributed by atoms with Crippen LogP contribution in [0.3, 0.4) is 0 Å². The molecule has 3 heteroatoms. The summed E-state index contributed by atoms with van der Waals surface area (Å²) in [5.41, 5.74) is 1.17.